The van der Waals surface area contributed by atoms with Gasteiger partial charge in [0, 0.05) is 10.7 Å². The number of amides is 1. The van der Waals surface area contributed by atoms with E-state index in [0.29, 0.717) is 30.6 Å². The molecule has 0 saturated heterocycles. The SMILES string of the molecule is CN(CC(=O)Nc1ccc(Br)cn1)Cc1nnc(Cc2ccccc2)o1. The average Bonchev–Trinajstić information content (AvgIpc) is 3.04. The highest BCUT2D eigenvalue weighted by Gasteiger charge is 2.12. The van der Waals surface area contributed by atoms with Gasteiger partial charge in [-0.05, 0) is 40.7 Å². The van der Waals surface area contributed by atoms with E-state index >= 15 is 0 Å². The second-order valence-corrected chi connectivity index (χ2v) is 6.75. The fraction of sp³-hybridized carbons (Fsp3) is 0.222. The molecule has 0 aliphatic rings. The Hall–Kier alpha value is -2.58. The number of likely N-dealkylation sites (N-methyl/N-ethyl adjacent to an activating group) is 1. The maximum absolute atomic E-state index is 12.1. The van der Waals surface area contributed by atoms with Crippen molar-refractivity contribution in [2.24, 2.45) is 0 Å². The maximum atomic E-state index is 12.1. The van der Waals surface area contributed by atoms with Gasteiger partial charge in [-0.15, -0.1) is 10.2 Å². The predicted molar refractivity (Wildman–Crippen MR) is 100 cm³/mol. The average molecular weight is 416 g/mol. The number of hydrogen-bond acceptors (Lipinski definition) is 6. The van der Waals surface area contributed by atoms with Crippen molar-refractivity contribution in [2.75, 3.05) is 18.9 Å². The van der Waals surface area contributed by atoms with Gasteiger partial charge in [-0.25, -0.2) is 4.98 Å². The predicted octanol–water partition coefficient (Wildman–Crippen LogP) is 2.89. The Bertz CT molecular complexity index is 852. The smallest absolute Gasteiger partial charge is 0.239 e. The molecule has 0 unspecified atom stereocenters. The van der Waals surface area contributed by atoms with E-state index in [-0.39, 0.29) is 12.5 Å². The zero-order valence-electron chi connectivity index (χ0n) is 14.2. The lowest BCUT2D eigenvalue weighted by Gasteiger charge is -2.13. The van der Waals surface area contributed by atoms with Crippen LogP contribution in [0.5, 0.6) is 0 Å². The highest BCUT2D eigenvalue weighted by atomic mass is 79.9. The first-order valence-corrected chi connectivity index (χ1v) is 8.83. The number of nitrogens with one attached hydrogen (secondary N) is 1. The third-order valence-corrected chi connectivity index (χ3v) is 3.99. The molecule has 0 fully saturated rings. The first-order valence-electron chi connectivity index (χ1n) is 8.03. The van der Waals surface area contributed by atoms with Gasteiger partial charge in [0.1, 0.15) is 5.82 Å². The van der Waals surface area contributed by atoms with Crippen LogP contribution in [0, 0.1) is 0 Å². The molecule has 0 aliphatic carbocycles. The quantitative estimate of drug-likeness (QED) is 0.638. The van der Waals surface area contributed by atoms with Crippen molar-refractivity contribution in [2.45, 2.75) is 13.0 Å². The number of carbonyl (C=O) groups is 1. The molecule has 3 aromatic rings. The molecular weight excluding hydrogens is 398 g/mol. The summed E-state index contributed by atoms with van der Waals surface area (Å²) < 4.78 is 6.51. The summed E-state index contributed by atoms with van der Waals surface area (Å²) in [4.78, 5) is 18.0. The van der Waals surface area contributed by atoms with Crippen LogP contribution in [0.3, 0.4) is 0 Å². The van der Waals surface area contributed by atoms with Crippen molar-refractivity contribution in [1.82, 2.24) is 20.1 Å². The first-order chi connectivity index (χ1) is 12.6. The van der Waals surface area contributed by atoms with Crippen molar-refractivity contribution >= 4 is 27.7 Å². The van der Waals surface area contributed by atoms with Crippen molar-refractivity contribution in [3.63, 3.8) is 0 Å². The molecule has 3 rings (SSSR count). The number of halogens is 1. The van der Waals surface area contributed by atoms with Crippen molar-refractivity contribution in [3.8, 4) is 0 Å². The number of carbonyl (C=O) groups excluding carboxylic acids is 1. The molecule has 2 aromatic heterocycles. The number of nitrogens with zero attached hydrogens (tertiary/aromatic N) is 4. The third kappa shape index (κ3) is 5.47. The Morgan fingerprint density at radius 1 is 1.15 bits per heavy atom. The van der Waals surface area contributed by atoms with Gasteiger partial charge in [0.15, 0.2) is 0 Å². The summed E-state index contributed by atoms with van der Waals surface area (Å²) in [5.41, 5.74) is 1.11. The molecule has 1 aromatic carbocycles. The Morgan fingerprint density at radius 3 is 2.65 bits per heavy atom. The molecule has 0 saturated carbocycles. The Balaban J connectivity index is 1.49. The van der Waals surface area contributed by atoms with E-state index in [9.17, 15) is 4.79 Å². The van der Waals surface area contributed by atoms with E-state index in [0.717, 1.165) is 10.0 Å². The van der Waals surface area contributed by atoms with Crippen LogP contribution in [0.1, 0.15) is 17.3 Å². The van der Waals surface area contributed by atoms with Crippen LogP contribution < -0.4 is 5.32 Å². The summed E-state index contributed by atoms with van der Waals surface area (Å²) in [5.74, 6) is 1.39. The number of anilines is 1. The van der Waals surface area contributed by atoms with Gasteiger partial charge in [0.2, 0.25) is 17.7 Å². The van der Waals surface area contributed by atoms with E-state index in [1.165, 1.54) is 0 Å². The summed E-state index contributed by atoms with van der Waals surface area (Å²) in [7, 11) is 1.82. The number of aromatic nitrogens is 3. The zero-order valence-corrected chi connectivity index (χ0v) is 15.8. The van der Waals surface area contributed by atoms with Gasteiger partial charge in [0.05, 0.1) is 19.5 Å². The molecule has 1 N–H and O–H groups in total. The number of pyridine rings is 1. The van der Waals surface area contributed by atoms with Gasteiger partial charge in [-0.2, -0.15) is 0 Å². The summed E-state index contributed by atoms with van der Waals surface area (Å²) >= 11 is 3.31. The van der Waals surface area contributed by atoms with Crippen LogP contribution in [0.2, 0.25) is 0 Å². The van der Waals surface area contributed by atoms with Crippen LogP contribution in [0.4, 0.5) is 5.82 Å². The van der Waals surface area contributed by atoms with Crippen LogP contribution in [-0.4, -0.2) is 39.6 Å². The largest absolute Gasteiger partial charge is 0.424 e. The van der Waals surface area contributed by atoms with Gasteiger partial charge in [-0.1, -0.05) is 30.3 Å². The zero-order chi connectivity index (χ0) is 18.4. The third-order valence-electron chi connectivity index (χ3n) is 3.52. The Kier molecular flexibility index (Phi) is 6.08. The number of hydrogen-bond donors (Lipinski definition) is 1. The molecule has 134 valence electrons. The molecule has 1 amide bonds. The summed E-state index contributed by atoms with van der Waals surface area (Å²) in [6.45, 7) is 0.580. The van der Waals surface area contributed by atoms with Crippen LogP contribution in [0.15, 0.2) is 57.6 Å². The van der Waals surface area contributed by atoms with Crippen LogP contribution in [0.25, 0.3) is 0 Å². The molecule has 0 radical (unpaired) electrons. The summed E-state index contributed by atoms with van der Waals surface area (Å²) in [5, 5.41) is 10.9. The standard InChI is InChI=1S/C18H18BrN5O2/c1-24(11-16(25)21-15-8-7-14(19)10-20-15)12-18-23-22-17(26-18)9-13-5-3-2-4-6-13/h2-8,10H,9,11-12H2,1H3,(H,20,21,25). The first kappa shape index (κ1) is 18.2. The van der Waals surface area contributed by atoms with E-state index < -0.39 is 0 Å². The molecule has 26 heavy (non-hydrogen) atoms. The van der Waals surface area contributed by atoms with Gasteiger partial charge in [-0.3, -0.25) is 9.69 Å². The molecule has 2 heterocycles. The minimum Gasteiger partial charge on any atom is -0.424 e. The summed E-state index contributed by atoms with van der Waals surface area (Å²) in [6.07, 6.45) is 2.22. The van der Waals surface area contributed by atoms with E-state index in [4.69, 9.17) is 4.42 Å². The molecule has 7 nitrogen and oxygen atoms in total. The van der Waals surface area contributed by atoms with Gasteiger partial charge < -0.3 is 9.73 Å². The fourth-order valence-corrected chi connectivity index (χ4v) is 2.59. The normalized spacial score (nSPS) is 10.9. The molecule has 8 heteroatoms. The second-order valence-electron chi connectivity index (χ2n) is 5.83. The van der Waals surface area contributed by atoms with Crippen molar-refractivity contribution in [1.29, 1.82) is 0 Å². The van der Waals surface area contributed by atoms with Gasteiger partial charge in [0.25, 0.3) is 0 Å². The molecule has 0 spiro atoms. The Labute approximate surface area is 159 Å². The van der Waals surface area contributed by atoms with Crippen LogP contribution >= 0.6 is 15.9 Å². The molecule has 0 bridgehead atoms. The topological polar surface area (TPSA) is 84.2 Å². The second kappa shape index (κ2) is 8.68. The number of benzene rings is 1. The van der Waals surface area contributed by atoms with E-state index in [1.807, 2.05) is 43.4 Å². The van der Waals surface area contributed by atoms with E-state index in [2.05, 4.69) is 36.4 Å². The van der Waals surface area contributed by atoms with E-state index in [1.54, 1.807) is 17.2 Å². The fourth-order valence-electron chi connectivity index (χ4n) is 2.36. The van der Waals surface area contributed by atoms with Crippen molar-refractivity contribution < 1.29 is 9.21 Å². The minimum atomic E-state index is -0.161. The molecular formula is C18H18BrN5O2. The lowest BCUT2D eigenvalue weighted by Crippen LogP contribution is -2.30. The Morgan fingerprint density at radius 2 is 1.92 bits per heavy atom. The van der Waals surface area contributed by atoms with Crippen LogP contribution in [-0.2, 0) is 17.8 Å². The molecule has 0 aliphatic heterocycles. The highest BCUT2D eigenvalue weighted by Crippen LogP contribution is 2.11. The monoisotopic (exact) mass is 415 g/mol. The lowest BCUT2D eigenvalue weighted by molar-refractivity contribution is -0.117. The lowest BCUT2D eigenvalue weighted by atomic mass is 10.2. The number of rotatable bonds is 7. The summed E-state index contributed by atoms with van der Waals surface area (Å²) in [6, 6.07) is 13.5. The van der Waals surface area contributed by atoms with Crippen molar-refractivity contribution in [3.05, 3.63) is 70.5 Å². The maximum Gasteiger partial charge on any atom is 0.239 e. The minimum absolute atomic E-state index is 0.161. The highest BCUT2D eigenvalue weighted by molar-refractivity contribution is 9.10. The molecule has 0 atom stereocenters. The van der Waals surface area contributed by atoms with Gasteiger partial charge >= 0.3 is 0 Å².